The Bertz CT molecular complexity index is 388. The highest BCUT2D eigenvalue weighted by Gasteiger charge is 2.54. The van der Waals surface area contributed by atoms with E-state index in [9.17, 15) is 14.3 Å². The van der Waals surface area contributed by atoms with Gasteiger partial charge in [0.2, 0.25) is 5.67 Å². The summed E-state index contributed by atoms with van der Waals surface area (Å²) in [6, 6.07) is 0.811. The number of hydrogen-bond acceptors (Lipinski definition) is 5. The van der Waals surface area contributed by atoms with E-state index in [2.05, 4.69) is 5.32 Å². The van der Waals surface area contributed by atoms with Crippen LogP contribution in [-0.4, -0.2) is 58.5 Å². The number of amides is 2. The molecule has 0 bridgehead atoms. The van der Waals surface area contributed by atoms with Gasteiger partial charge < -0.3 is 20.3 Å². The number of urea groups is 1. The van der Waals surface area contributed by atoms with Gasteiger partial charge in [-0.3, -0.25) is 4.90 Å². The number of halogens is 1. The number of carbonyl (C=O) groups excluding carboxylic acids is 1. The Morgan fingerprint density at radius 3 is 3.00 bits per heavy atom. The van der Waals surface area contributed by atoms with Gasteiger partial charge in [0.15, 0.2) is 6.23 Å². The molecule has 0 aliphatic carbocycles. The van der Waals surface area contributed by atoms with Crippen molar-refractivity contribution in [2.75, 3.05) is 13.2 Å². The molecule has 2 rings (SSSR count). The second kappa shape index (κ2) is 4.68. The predicted molar refractivity (Wildman–Crippen MR) is 55.7 cm³/mol. The zero-order chi connectivity index (χ0) is 13.3. The van der Waals surface area contributed by atoms with Crippen molar-refractivity contribution in [2.45, 2.75) is 37.1 Å². The molecule has 0 spiro atoms. The molecule has 0 saturated carbocycles. The van der Waals surface area contributed by atoms with Gasteiger partial charge in [-0.2, -0.15) is 5.26 Å². The van der Waals surface area contributed by atoms with E-state index in [4.69, 9.17) is 15.1 Å². The van der Waals surface area contributed by atoms with E-state index in [-0.39, 0.29) is 19.4 Å². The summed E-state index contributed by atoms with van der Waals surface area (Å²) in [7, 11) is 0. The first-order chi connectivity index (χ1) is 8.50. The summed E-state index contributed by atoms with van der Waals surface area (Å²) in [5.74, 6) is 0. The van der Waals surface area contributed by atoms with E-state index in [0.29, 0.717) is 0 Å². The molecule has 2 aliphatic heterocycles. The van der Waals surface area contributed by atoms with Gasteiger partial charge in [-0.1, -0.05) is 0 Å². The van der Waals surface area contributed by atoms with Crippen LogP contribution in [-0.2, 0) is 4.74 Å². The predicted octanol–water partition coefficient (Wildman–Crippen LogP) is -0.941. The van der Waals surface area contributed by atoms with Crippen molar-refractivity contribution in [3.63, 3.8) is 0 Å². The highest BCUT2D eigenvalue weighted by molar-refractivity contribution is 5.75. The fourth-order valence-corrected chi connectivity index (χ4v) is 2.18. The van der Waals surface area contributed by atoms with Crippen LogP contribution in [0.4, 0.5) is 9.18 Å². The van der Waals surface area contributed by atoms with E-state index in [1.807, 2.05) is 0 Å². The summed E-state index contributed by atoms with van der Waals surface area (Å²) in [4.78, 5) is 12.7. The number of alkyl halides is 1. The van der Waals surface area contributed by atoms with E-state index in [0.717, 1.165) is 4.90 Å². The third kappa shape index (κ3) is 2.12. The Morgan fingerprint density at radius 1 is 1.72 bits per heavy atom. The lowest BCUT2D eigenvalue weighted by molar-refractivity contribution is -0.0893. The number of aliphatic hydroxyl groups excluding tert-OH is 2. The lowest BCUT2D eigenvalue weighted by atomic mass is 10.0. The molecule has 8 heteroatoms. The second-order valence-electron chi connectivity index (χ2n) is 4.42. The molecule has 0 radical (unpaired) electrons. The SMILES string of the molecule is N#C[C@]1(F)C[C@@H](CO)OC1N1CCC(O)NC1=O. The molecule has 2 aliphatic rings. The van der Waals surface area contributed by atoms with E-state index in [1.54, 1.807) is 0 Å². The zero-order valence-corrected chi connectivity index (χ0v) is 9.54. The molecule has 0 aromatic heterocycles. The number of carbonyl (C=O) groups is 1. The Balaban J connectivity index is 2.16. The molecule has 2 saturated heterocycles. The molecule has 2 fully saturated rings. The molecule has 100 valence electrons. The molecule has 18 heavy (non-hydrogen) atoms. The number of nitrogens with one attached hydrogen (secondary N) is 1. The van der Waals surface area contributed by atoms with Gasteiger partial charge >= 0.3 is 6.03 Å². The van der Waals surface area contributed by atoms with Gasteiger partial charge in [-0.15, -0.1) is 0 Å². The van der Waals surface area contributed by atoms with Crippen molar-refractivity contribution in [1.29, 1.82) is 5.26 Å². The van der Waals surface area contributed by atoms with Gasteiger partial charge in [-0.05, 0) is 0 Å². The van der Waals surface area contributed by atoms with Crippen molar-refractivity contribution in [3.8, 4) is 6.07 Å². The van der Waals surface area contributed by atoms with Gasteiger partial charge in [0.05, 0.1) is 12.7 Å². The smallest absolute Gasteiger partial charge is 0.321 e. The number of nitriles is 1. The first-order valence-electron chi connectivity index (χ1n) is 5.62. The standard InChI is InChI=1S/C10H14FN3O4/c11-10(5-12)3-6(4-15)18-8(10)14-2-1-7(16)13-9(14)17/h6-8,15-16H,1-4H2,(H,13,17)/t6-,7?,8?,10+/m0/s1. The van der Waals surface area contributed by atoms with Crippen LogP contribution in [0, 0.1) is 11.3 Å². The fraction of sp³-hybridized carbons (Fsp3) is 0.800. The van der Waals surface area contributed by atoms with E-state index < -0.39 is 36.9 Å². The summed E-state index contributed by atoms with van der Waals surface area (Å²) < 4.78 is 19.5. The summed E-state index contributed by atoms with van der Waals surface area (Å²) in [6.45, 7) is -0.328. The van der Waals surface area contributed by atoms with Crippen LogP contribution in [0.2, 0.25) is 0 Å². The summed E-state index contributed by atoms with van der Waals surface area (Å²) in [5, 5.41) is 29.3. The van der Waals surface area contributed by atoms with Crippen LogP contribution >= 0.6 is 0 Å². The third-order valence-corrected chi connectivity index (χ3v) is 3.10. The minimum absolute atomic E-state index is 0.0865. The highest BCUT2D eigenvalue weighted by atomic mass is 19.1. The molecule has 7 nitrogen and oxygen atoms in total. The molecule has 0 aromatic carbocycles. The van der Waals surface area contributed by atoms with Crippen molar-refractivity contribution in [2.24, 2.45) is 0 Å². The Morgan fingerprint density at radius 2 is 2.44 bits per heavy atom. The summed E-state index contributed by atoms with van der Waals surface area (Å²) >= 11 is 0. The minimum Gasteiger partial charge on any atom is -0.394 e. The Hall–Kier alpha value is -1.43. The normalized spacial score (nSPS) is 40.4. The third-order valence-electron chi connectivity index (χ3n) is 3.10. The van der Waals surface area contributed by atoms with Crippen LogP contribution in [0.1, 0.15) is 12.8 Å². The Kier molecular flexibility index (Phi) is 3.38. The van der Waals surface area contributed by atoms with Gasteiger partial charge in [-0.25, -0.2) is 9.18 Å². The van der Waals surface area contributed by atoms with Crippen LogP contribution in [0.3, 0.4) is 0 Å². The lowest BCUT2D eigenvalue weighted by Crippen LogP contribution is -2.59. The van der Waals surface area contributed by atoms with Gasteiger partial charge in [0.1, 0.15) is 12.3 Å². The maximum Gasteiger partial charge on any atom is 0.321 e. The number of ether oxygens (including phenoxy) is 1. The molecule has 0 aromatic rings. The molecule has 2 heterocycles. The molecule has 2 amide bonds. The van der Waals surface area contributed by atoms with Crippen molar-refractivity contribution in [3.05, 3.63) is 0 Å². The number of rotatable bonds is 2. The van der Waals surface area contributed by atoms with Crippen LogP contribution in [0.5, 0.6) is 0 Å². The highest BCUT2D eigenvalue weighted by Crippen LogP contribution is 2.36. The van der Waals surface area contributed by atoms with Gasteiger partial charge in [0.25, 0.3) is 0 Å². The number of hydrogen-bond donors (Lipinski definition) is 3. The summed E-state index contributed by atoms with van der Waals surface area (Å²) in [6.07, 6.45) is -3.19. The Labute approximate surface area is 103 Å². The first-order valence-corrected chi connectivity index (χ1v) is 5.62. The number of nitrogens with zero attached hydrogens (tertiary/aromatic N) is 2. The molecular weight excluding hydrogens is 245 g/mol. The quantitative estimate of drug-likeness (QED) is 0.593. The van der Waals surface area contributed by atoms with Gasteiger partial charge in [0, 0.05) is 19.4 Å². The van der Waals surface area contributed by atoms with Crippen molar-refractivity contribution < 1.29 is 24.1 Å². The minimum atomic E-state index is -2.34. The zero-order valence-electron chi connectivity index (χ0n) is 9.54. The largest absolute Gasteiger partial charge is 0.394 e. The molecule has 2 unspecified atom stereocenters. The first kappa shape index (κ1) is 13.0. The monoisotopic (exact) mass is 259 g/mol. The van der Waals surface area contributed by atoms with Crippen LogP contribution < -0.4 is 5.32 Å². The fourth-order valence-electron chi connectivity index (χ4n) is 2.18. The van der Waals surface area contributed by atoms with E-state index in [1.165, 1.54) is 6.07 Å². The van der Waals surface area contributed by atoms with Crippen molar-refractivity contribution >= 4 is 6.03 Å². The maximum atomic E-state index is 14.3. The molecular formula is C10H14FN3O4. The molecule has 4 atom stereocenters. The number of aliphatic hydroxyl groups is 2. The van der Waals surface area contributed by atoms with E-state index >= 15 is 0 Å². The maximum absolute atomic E-state index is 14.3. The summed E-state index contributed by atoms with van der Waals surface area (Å²) in [5.41, 5.74) is -2.34. The second-order valence-corrected chi connectivity index (χ2v) is 4.42. The topological polar surface area (TPSA) is 106 Å². The van der Waals surface area contributed by atoms with Crippen molar-refractivity contribution in [1.82, 2.24) is 10.2 Å². The van der Waals surface area contributed by atoms with Crippen LogP contribution in [0.25, 0.3) is 0 Å². The molecule has 3 N–H and O–H groups in total. The lowest BCUT2D eigenvalue weighted by Gasteiger charge is -2.36. The average Bonchev–Trinajstić information content (AvgIpc) is 2.68. The van der Waals surface area contributed by atoms with Crippen LogP contribution in [0.15, 0.2) is 0 Å². The average molecular weight is 259 g/mol.